The minimum Gasteiger partial charge on any atom is -0.384 e. The van der Waals surface area contributed by atoms with Gasteiger partial charge >= 0.3 is 0 Å². The van der Waals surface area contributed by atoms with Crippen molar-refractivity contribution in [3.05, 3.63) is 53.6 Å². The number of aromatic amines is 1. The first-order valence-corrected chi connectivity index (χ1v) is 9.08. The molecule has 2 aromatic carbocycles. The minimum atomic E-state index is 0.287. The lowest BCUT2D eigenvalue weighted by molar-refractivity contribution is 0.314. The zero-order chi connectivity index (χ0) is 19.5. The topological polar surface area (TPSA) is 124 Å². The van der Waals surface area contributed by atoms with Crippen LogP contribution >= 0.6 is 11.6 Å². The van der Waals surface area contributed by atoms with Crippen molar-refractivity contribution < 1.29 is 4.63 Å². The van der Waals surface area contributed by atoms with Crippen LogP contribution in [0.3, 0.4) is 0 Å². The molecule has 4 heterocycles. The number of hydrogen-bond acceptors (Lipinski definition) is 7. The van der Waals surface area contributed by atoms with Crippen LogP contribution in [-0.4, -0.2) is 34.8 Å². The highest BCUT2D eigenvalue weighted by molar-refractivity contribution is 6.30. The maximum Gasteiger partial charge on any atom is 0.245 e. The molecule has 6 aromatic rings. The van der Waals surface area contributed by atoms with Gasteiger partial charge < -0.3 is 10.7 Å². The van der Waals surface area contributed by atoms with Crippen LogP contribution in [0.2, 0.25) is 5.02 Å². The number of fused-ring (bicyclic) bond motifs is 3. The molecule has 0 saturated carbocycles. The lowest BCUT2D eigenvalue weighted by Gasteiger charge is -2.07. The molecule has 10 heteroatoms. The molecule has 0 spiro atoms. The second kappa shape index (κ2) is 5.76. The summed E-state index contributed by atoms with van der Waals surface area (Å²) in [5, 5.41) is 8.19. The van der Waals surface area contributed by atoms with Gasteiger partial charge in [0.15, 0.2) is 5.65 Å². The van der Waals surface area contributed by atoms with Gasteiger partial charge in [-0.3, -0.25) is 4.57 Å². The van der Waals surface area contributed by atoms with Crippen molar-refractivity contribution in [3.8, 4) is 17.1 Å². The normalized spacial score (nSPS) is 11.8. The Kier molecular flexibility index (Phi) is 3.18. The van der Waals surface area contributed by atoms with E-state index in [0.717, 1.165) is 16.7 Å². The van der Waals surface area contributed by atoms with Crippen LogP contribution in [0.25, 0.3) is 50.6 Å². The Morgan fingerprint density at radius 3 is 2.62 bits per heavy atom. The quantitative estimate of drug-likeness (QED) is 0.452. The Hall–Kier alpha value is -3.98. The molecule has 0 atom stereocenters. The van der Waals surface area contributed by atoms with Crippen molar-refractivity contribution in [2.75, 3.05) is 5.73 Å². The molecule has 0 fully saturated rings. The molecule has 0 amide bonds. The molecular formula is C19H11ClN8O. The van der Waals surface area contributed by atoms with Crippen LogP contribution in [0.5, 0.6) is 0 Å². The predicted octanol–water partition coefficient (Wildman–Crippen LogP) is 3.74. The van der Waals surface area contributed by atoms with Gasteiger partial charge in [-0.1, -0.05) is 29.8 Å². The fourth-order valence-corrected chi connectivity index (χ4v) is 3.67. The van der Waals surface area contributed by atoms with Crippen molar-refractivity contribution in [1.29, 1.82) is 0 Å². The number of nitrogens with zero attached hydrogens (tertiary/aromatic N) is 6. The van der Waals surface area contributed by atoms with Gasteiger partial charge in [-0.25, -0.2) is 19.6 Å². The van der Waals surface area contributed by atoms with Gasteiger partial charge in [0.05, 0.1) is 22.3 Å². The first-order valence-electron chi connectivity index (χ1n) is 8.70. The smallest absolute Gasteiger partial charge is 0.245 e. The number of H-pyrrole nitrogens is 1. The molecule has 3 N–H and O–H groups in total. The van der Waals surface area contributed by atoms with Crippen LogP contribution in [0.4, 0.5) is 5.82 Å². The monoisotopic (exact) mass is 402 g/mol. The molecule has 29 heavy (non-hydrogen) atoms. The third-order valence-electron chi connectivity index (χ3n) is 4.73. The standard InChI is InChI=1S/C19H11ClN8O/c20-9-4-3-5-10(8-9)28-15(21)13(16-22-11-6-1-2-7-12(11)23-16)14-19(28)25-18-17(24-14)26-29-27-18/h1-8H,21H2,(H,22,23). The van der Waals surface area contributed by atoms with Crippen molar-refractivity contribution in [3.63, 3.8) is 0 Å². The number of aromatic nitrogens is 7. The highest BCUT2D eigenvalue weighted by Gasteiger charge is 2.24. The number of anilines is 1. The average Bonchev–Trinajstić information content (AvgIpc) is 3.40. The fraction of sp³-hybridized carbons (Fsp3) is 0. The van der Waals surface area contributed by atoms with Gasteiger partial charge in [0.2, 0.25) is 11.3 Å². The van der Waals surface area contributed by atoms with E-state index < -0.39 is 0 Å². The van der Waals surface area contributed by atoms with Crippen LogP contribution in [0, 0.1) is 0 Å². The molecule has 140 valence electrons. The zero-order valence-electron chi connectivity index (χ0n) is 14.7. The van der Waals surface area contributed by atoms with Crippen molar-refractivity contribution >= 4 is 50.9 Å². The number of nitrogens with two attached hydrogens (primary N) is 1. The van der Waals surface area contributed by atoms with Crippen LogP contribution in [-0.2, 0) is 0 Å². The molecule has 6 rings (SSSR count). The molecule has 9 nitrogen and oxygen atoms in total. The molecule has 0 aliphatic carbocycles. The van der Waals surface area contributed by atoms with Crippen LogP contribution < -0.4 is 5.73 Å². The SMILES string of the molecule is Nc1c(-c2nc3ccccc3[nH]2)c2nc3nonc3nc2n1-c1cccc(Cl)c1. The van der Waals surface area contributed by atoms with Gasteiger partial charge in [0.1, 0.15) is 17.2 Å². The third-order valence-corrected chi connectivity index (χ3v) is 4.97. The largest absolute Gasteiger partial charge is 0.384 e. The van der Waals surface area contributed by atoms with Gasteiger partial charge in [0.25, 0.3) is 0 Å². The van der Waals surface area contributed by atoms with Crippen LogP contribution in [0.15, 0.2) is 53.2 Å². The summed E-state index contributed by atoms with van der Waals surface area (Å²) in [5.41, 5.74) is 11.3. The Labute approximate surface area is 167 Å². The Morgan fingerprint density at radius 1 is 0.966 bits per heavy atom. The summed E-state index contributed by atoms with van der Waals surface area (Å²) < 4.78 is 6.55. The van der Waals surface area contributed by atoms with Gasteiger partial charge in [-0.15, -0.1) is 0 Å². The van der Waals surface area contributed by atoms with Gasteiger partial charge in [-0.2, -0.15) is 0 Å². The number of benzene rings is 2. The number of nitrogens with one attached hydrogen (secondary N) is 1. The lowest BCUT2D eigenvalue weighted by atomic mass is 10.2. The zero-order valence-corrected chi connectivity index (χ0v) is 15.4. The lowest BCUT2D eigenvalue weighted by Crippen LogP contribution is -2.01. The number of halogens is 1. The highest BCUT2D eigenvalue weighted by atomic mass is 35.5. The van der Waals surface area contributed by atoms with E-state index in [9.17, 15) is 0 Å². The summed E-state index contributed by atoms with van der Waals surface area (Å²) in [5.74, 6) is 1.01. The molecule has 0 aliphatic heterocycles. The summed E-state index contributed by atoms with van der Waals surface area (Å²) >= 11 is 6.21. The number of nitrogen functional groups attached to an aromatic ring is 1. The van der Waals surface area contributed by atoms with E-state index in [0.29, 0.717) is 33.4 Å². The van der Waals surface area contributed by atoms with Crippen molar-refractivity contribution in [2.45, 2.75) is 0 Å². The van der Waals surface area contributed by atoms with Gasteiger partial charge in [-0.05, 0) is 40.6 Å². The fourth-order valence-electron chi connectivity index (χ4n) is 3.48. The van der Waals surface area contributed by atoms with E-state index in [1.165, 1.54) is 0 Å². The highest BCUT2D eigenvalue weighted by Crippen LogP contribution is 2.37. The number of hydrogen-bond donors (Lipinski definition) is 2. The molecular weight excluding hydrogens is 392 g/mol. The Morgan fingerprint density at radius 2 is 1.79 bits per heavy atom. The first-order chi connectivity index (χ1) is 14.2. The third kappa shape index (κ3) is 2.31. The Balaban J connectivity index is 1.75. The predicted molar refractivity (Wildman–Crippen MR) is 109 cm³/mol. The maximum absolute atomic E-state index is 6.60. The molecule has 4 aromatic heterocycles. The first kappa shape index (κ1) is 16.0. The molecule has 0 aliphatic rings. The summed E-state index contributed by atoms with van der Waals surface area (Å²) in [6.45, 7) is 0. The van der Waals surface area contributed by atoms with Crippen molar-refractivity contribution in [2.24, 2.45) is 0 Å². The van der Waals surface area contributed by atoms with E-state index >= 15 is 0 Å². The number of rotatable bonds is 2. The Bertz CT molecular complexity index is 1510. The average molecular weight is 403 g/mol. The van der Waals surface area contributed by atoms with E-state index in [4.69, 9.17) is 22.0 Å². The molecule has 0 unspecified atom stereocenters. The second-order valence-electron chi connectivity index (χ2n) is 6.49. The molecule has 0 bridgehead atoms. The van der Waals surface area contributed by atoms with E-state index in [-0.39, 0.29) is 11.3 Å². The summed E-state index contributed by atoms with van der Waals surface area (Å²) in [6, 6.07) is 15.1. The van der Waals surface area contributed by atoms with Crippen LogP contribution in [0.1, 0.15) is 0 Å². The van der Waals surface area contributed by atoms with E-state index in [2.05, 4.69) is 30.2 Å². The summed E-state index contributed by atoms with van der Waals surface area (Å²) in [6.07, 6.45) is 0. The summed E-state index contributed by atoms with van der Waals surface area (Å²) in [7, 11) is 0. The van der Waals surface area contributed by atoms with E-state index in [1.54, 1.807) is 16.7 Å². The maximum atomic E-state index is 6.60. The van der Waals surface area contributed by atoms with Crippen molar-refractivity contribution in [1.82, 2.24) is 34.8 Å². The van der Waals surface area contributed by atoms with Gasteiger partial charge in [0, 0.05) is 5.02 Å². The number of imidazole rings is 1. The van der Waals surface area contributed by atoms with E-state index in [1.807, 2.05) is 36.4 Å². The minimum absolute atomic E-state index is 0.287. The molecule has 0 saturated heterocycles. The molecule has 0 radical (unpaired) electrons. The number of para-hydroxylation sites is 2. The second-order valence-corrected chi connectivity index (χ2v) is 6.92. The summed E-state index contributed by atoms with van der Waals surface area (Å²) in [4.78, 5) is 17.2.